The smallest absolute Gasteiger partial charge is 0.260 e. The zero-order valence-electron chi connectivity index (χ0n) is 16.2. The fourth-order valence-electron chi connectivity index (χ4n) is 3.55. The third-order valence-electron chi connectivity index (χ3n) is 5.13. The van der Waals surface area contributed by atoms with Crippen molar-refractivity contribution in [1.82, 2.24) is 19.8 Å². The fraction of sp³-hybridized carbons (Fsp3) is 0.318. The van der Waals surface area contributed by atoms with Gasteiger partial charge in [0, 0.05) is 37.6 Å². The lowest BCUT2D eigenvalue weighted by molar-refractivity contribution is -0.134. The number of carbonyl (C=O) groups is 2. The van der Waals surface area contributed by atoms with Gasteiger partial charge < -0.3 is 15.0 Å². The minimum atomic E-state index is -0.195. The maximum atomic E-state index is 12.6. The summed E-state index contributed by atoms with van der Waals surface area (Å²) in [5, 5.41) is 7.13. The van der Waals surface area contributed by atoms with Gasteiger partial charge in [0.15, 0.2) is 6.61 Å². The van der Waals surface area contributed by atoms with E-state index >= 15 is 0 Å². The number of aromatic nitrogens is 2. The summed E-state index contributed by atoms with van der Waals surface area (Å²) < 4.78 is 7.41. The summed E-state index contributed by atoms with van der Waals surface area (Å²) in [4.78, 5) is 26.7. The Hall–Kier alpha value is -3.35. The van der Waals surface area contributed by atoms with Crippen molar-refractivity contribution in [3.05, 3.63) is 66.0 Å². The number of pyridine rings is 1. The molecule has 1 fully saturated rings. The number of nitrogens with zero attached hydrogens (tertiary/aromatic N) is 3. The standard InChI is InChI=1S/C22H24N4O3/c27-21(25-11-2-1-3-12-25)16-29-19-8-4-6-17(14-19)22(28)23-15-18-7-5-13-26-20(18)9-10-24-26/h4-10,13-14H,1-3,11-12,15-16H2,(H,23,28). The van der Waals surface area contributed by atoms with E-state index < -0.39 is 0 Å². The van der Waals surface area contributed by atoms with Gasteiger partial charge in [0.25, 0.3) is 11.8 Å². The Bertz CT molecular complexity index is 1010. The molecule has 2 amide bonds. The largest absolute Gasteiger partial charge is 0.484 e. The highest BCUT2D eigenvalue weighted by Crippen LogP contribution is 2.15. The molecule has 1 saturated heterocycles. The molecular formula is C22H24N4O3. The number of ether oxygens (including phenoxy) is 1. The molecule has 4 rings (SSSR count). The zero-order valence-corrected chi connectivity index (χ0v) is 16.2. The molecule has 1 aliphatic heterocycles. The molecular weight excluding hydrogens is 368 g/mol. The molecule has 3 heterocycles. The number of hydrogen-bond acceptors (Lipinski definition) is 4. The van der Waals surface area contributed by atoms with E-state index in [4.69, 9.17) is 4.74 Å². The molecule has 0 aliphatic carbocycles. The first-order valence-corrected chi connectivity index (χ1v) is 9.91. The highest BCUT2D eigenvalue weighted by atomic mass is 16.5. The van der Waals surface area contributed by atoms with Gasteiger partial charge in [-0.05, 0) is 55.2 Å². The van der Waals surface area contributed by atoms with Crippen molar-refractivity contribution >= 4 is 17.3 Å². The molecule has 1 aliphatic rings. The summed E-state index contributed by atoms with van der Waals surface area (Å²) in [6.45, 7) is 1.99. The third-order valence-corrected chi connectivity index (χ3v) is 5.13. The average Bonchev–Trinajstić information content (AvgIpc) is 3.26. The van der Waals surface area contributed by atoms with Crippen molar-refractivity contribution in [3.8, 4) is 5.75 Å². The van der Waals surface area contributed by atoms with E-state index in [9.17, 15) is 9.59 Å². The topological polar surface area (TPSA) is 75.9 Å². The predicted molar refractivity (Wildman–Crippen MR) is 109 cm³/mol. The molecule has 3 aromatic rings. The molecule has 1 N–H and O–H groups in total. The SMILES string of the molecule is O=C(NCc1cccn2nccc12)c1cccc(OCC(=O)N2CCCCC2)c1. The Morgan fingerprint density at radius 1 is 1.07 bits per heavy atom. The van der Waals surface area contributed by atoms with Crippen LogP contribution in [-0.2, 0) is 11.3 Å². The second-order valence-corrected chi connectivity index (χ2v) is 7.14. The van der Waals surface area contributed by atoms with Crippen molar-refractivity contribution in [2.45, 2.75) is 25.8 Å². The molecule has 0 radical (unpaired) electrons. The first kappa shape index (κ1) is 19.0. The lowest BCUT2D eigenvalue weighted by Gasteiger charge is -2.26. The maximum Gasteiger partial charge on any atom is 0.260 e. The monoisotopic (exact) mass is 392 g/mol. The molecule has 29 heavy (non-hydrogen) atoms. The van der Waals surface area contributed by atoms with Crippen molar-refractivity contribution < 1.29 is 14.3 Å². The van der Waals surface area contributed by atoms with Gasteiger partial charge in [-0.25, -0.2) is 4.52 Å². The van der Waals surface area contributed by atoms with Crippen molar-refractivity contribution in [1.29, 1.82) is 0 Å². The van der Waals surface area contributed by atoms with Crippen molar-refractivity contribution in [2.75, 3.05) is 19.7 Å². The molecule has 7 heteroatoms. The summed E-state index contributed by atoms with van der Waals surface area (Å²) in [6, 6.07) is 12.7. The second-order valence-electron chi connectivity index (χ2n) is 7.14. The number of amides is 2. The molecule has 0 saturated carbocycles. The van der Waals surface area contributed by atoms with Gasteiger partial charge in [-0.2, -0.15) is 5.10 Å². The fourth-order valence-corrected chi connectivity index (χ4v) is 3.55. The summed E-state index contributed by atoms with van der Waals surface area (Å²) in [5.41, 5.74) is 2.44. The van der Waals surface area contributed by atoms with Gasteiger partial charge in [0.1, 0.15) is 5.75 Å². The van der Waals surface area contributed by atoms with Crippen LogP contribution in [0.3, 0.4) is 0 Å². The minimum absolute atomic E-state index is 0.00567. The number of benzene rings is 1. The summed E-state index contributed by atoms with van der Waals surface area (Å²) >= 11 is 0. The molecule has 1 aromatic carbocycles. The number of piperidine rings is 1. The molecule has 0 bridgehead atoms. The Kier molecular flexibility index (Phi) is 5.74. The van der Waals surface area contributed by atoms with E-state index in [2.05, 4.69) is 10.4 Å². The molecule has 0 spiro atoms. The predicted octanol–water partition coefficient (Wildman–Crippen LogP) is 2.66. The number of rotatable bonds is 6. The van der Waals surface area contributed by atoms with Gasteiger partial charge in [-0.3, -0.25) is 9.59 Å². The van der Waals surface area contributed by atoms with E-state index in [1.165, 1.54) is 6.42 Å². The van der Waals surface area contributed by atoms with Crippen LogP contribution in [0.4, 0.5) is 0 Å². The Balaban J connectivity index is 1.34. The second kappa shape index (κ2) is 8.77. The quantitative estimate of drug-likeness (QED) is 0.700. The molecule has 150 valence electrons. The summed E-state index contributed by atoms with van der Waals surface area (Å²) in [7, 11) is 0. The summed E-state index contributed by atoms with van der Waals surface area (Å²) in [5.74, 6) is 0.314. The van der Waals surface area contributed by atoms with Crippen LogP contribution in [0.1, 0.15) is 35.2 Å². The number of hydrogen-bond donors (Lipinski definition) is 1. The lowest BCUT2D eigenvalue weighted by atomic mass is 10.1. The first-order chi connectivity index (χ1) is 14.2. The Morgan fingerprint density at radius 2 is 1.93 bits per heavy atom. The molecule has 7 nitrogen and oxygen atoms in total. The van der Waals surface area contributed by atoms with Gasteiger partial charge in [0.05, 0.1) is 5.52 Å². The zero-order chi connectivity index (χ0) is 20.1. The number of nitrogens with one attached hydrogen (secondary N) is 1. The van der Waals surface area contributed by atoms with E-state index in [-0.39, 0.29) is 18.4 Å². The van der Waals surface area contributed by atoms with Crippen LogP contribution in [0.5, 0.6) is 5.75 Å². The van der Waals surface area contributed by atoms with Crippen LogP contribution in [0.15, 0.2) is 54.9 Å². The van der Waals surface area contributed by atoms with Crippen molar-refractivity contribution in [3.63, 3.8) is 0 Å². The van der Waals surface area contributed by atoms with E-state index in [1.807, 2.05) is 29.3 Å². The molecule has 0 unspecified atom stereocenters. The van der Waals surface area contributed by atoms with Crippen LogP contribution in [0.25, 0.3) is 5.52 Å². The lowest BCUT2D eigenvalue weighted by Crippen LogP contribution is -2.38. The van der Waals surface area contributed by atoms with Crippen LogP contribution in [0, 0.1) is 0 Å². The van der Waals surface area contributed by atoms with Crippen LogP contribution >= 0.6 is 0 Å². The maximum absolute atomic E-state index is 12.6. The minimum Gasteiger partial charge on any atom is -0.484 e. The van der Waals surface area contributed by atoms with Crippen molar-refractivity contribution in [2.24, 2.45) is 0 Å². The average molecular weight is 392 g/mol. The Labute approximate surface area is 169 Å². The highest BCUT2D eigenvalue weighted by molar-refractivity contribution is 5.94. The van der Waals surface area contributed by atoms with Crippen LogP contribution in [0.2, 0.25) is 0 Å². The Morgan fingerprint density at radius 3 is 2.79 bits per heavy atom. The van der Waals surface area contributed by atoms with Gasteiger partial charge in [-0.15, -0.1) is 0 Å². The van der Waals surface area contributed by atoms with E-state index in [0.29, 0.717) is 17.9 Å². The molecule has 0 atom stereocenters. The van der Waals surface area contributed by atoms with Gasteiger partial charge >= 0.3 is 0 Å². The third kappa shape index (κ3) is 4.56. The molecule has 2 aromatic heterocycles. The number of fused-ring (bicyclic) bond motifs is 1. The van der Waals surface area contributed by atoms with E-state index in [0.717, 1.165) is 37.0 Å². The van der Waals surface area contributed by atoms with Gasteiger partial charge in [0.2, 0.25) is 0 Å². The van der Waals surface area contributed by atoms with Crippen LogP contribution in [-0.4, -0.2) is 46.0 Å². The number of carbonyl (C=O) groups excluding carboxylic acids is 2. The summed E-state index contributed by atoms with van der Waals surface area (Å²) in [6.07, 6.45) is 6.87. The van der Waals surface area contributed by atoms with Crippen LogP contribution < -0.4 is 10.1 Å². The normalized spacial score (nSPS) is 14.0. The highest BCUT2D eigenvalue weighted by Gasteiger charge is 2.17. The number of likely N-dealkylation sites (tertiary alicyclic amines) is 1. The van der Waals surface area contributed by atoms with E-state index in [1.54, 1.807) is 35.0 Å². The van der Waals surface area contributed by atoms with Gasteiger partial charge in [-0.1, -0.05) is 12.1 Å². The first-order valence-electron chi connectivity index (χ1n) is 9.91.